The second-order valence-electron chi connectivity index (χ2n) is 3.05. The molecule has 14 heavy (non-hydrogen) atoms. The molecule has 1 heterocycles. The Morgan fingerprint density at radius 2 is 1.79 bits per heavy atom. The van der Waals surface area contributed by atoms with Crippen LogP contribution in [-0.2, 0) is 6.18 Å². The Labute approximate surface area is 78.1 Å². The number of alkyl halides is 3. The molecule has 0 aliphatic heterocycles. The Hall–Kier alpha value is -1.45. The molecule has 1 aromatic heterocycles. The molecule has 0 bridgehead atoms. The number of hydrogen-bond acceptors (Lipinski definition) is 1. The van der Waals surface area contributed by atoms with Gasteiger partial charge in [0.1, 0.15) is 5.58 Å². The summed E-state index contributed by atoms with van der Waals surface area (Å²) in [6, 6.07) is 6.47. The van der Waals surface area contributed by atoms with Gasteiger partial charge in [-0.3, -0.25) is 0 Å². The van der Waals surface area contributed by atoms with E-state index in [9.17, 15) is 13.2 Å². The fourth-order valence-electron chi connectivity index (χ4n) is 1.44. The number of furan rings is 1. The van der Waals surface area contributed by atoms with Crippen molar-refractivity contribution in [2.45, 2.75) is 13.1 Å². The fraction of sp³-hybridized carbons (Fsp3) is 0.200. The summed E-state index contributed by atoms with van der Waals surface area (Å²) in [4.78, 5) is 0. The number of para-hydroxylation sites is 1. The fourth-order valence-corrected chi connectivity index (χ4v) is 1.44. The van der Waals surface area contributed by atoms with Crippen LogP contribution in [0.1, 0.15) is 11.3 Å². The zero-order chi connectivity index (χ0) is 10.3. The molecular formula is C10H7F3O. The molecule has 0 spiro atoms. The molecule has 2 rings (SSSR count). The van der Waals surface area contributed by atoms with Crippen LogP contribution in [0.3, 0.4) is 0 Å². The maximum atomic E-state index is 12.4. The van der Waals surface area contributed by atoms with E-state index in [1.165, 1.54) is 13.0 Å². The zero-order valence-corrected chi connectivity index (χ0v) is 7.35. The first kappa shape index (κ1) is 9.12. The van der Waals surface area contributed by atoms with Gasteiger partial charge in [0, 0.05) is 10.9 Å². The van der Waals surface area contributed by atoms with Gasteiger partial charge in [0.25, 0.3) is 0 Å². The van der Waals surface area contributed by atoms with Crippen LogP contribution in [0.4, 0.5) is 13.2 Å². The van der Waals surface area contributed by atoms with Gasteiger partial charge < -0.3 is 4.42 Å². The molecule has 0 aliphatic carbocycles. The van der Waals surface area contributed by atoms with E-state index in [-0.39, 0.29) is 11.1 Å². The number of hydrogen-bond donors (Lipinski definition) is 0. The molecule has 0 unspecified atom stereocenters. The van der Waals surface area contributed by atoms with Crippen molar-refractivity contribution in [3.05, 3.63) is 35.6 Å². The van der Waals surface area contributed by atoms with Crippen molar-refractivity contribution in [2.75, 3.05) is 0 Å². The molecule has 0 fully saturated rings. The maximum absolute atomic E-state index is 12.4. The van der Waals surface area contributed by atoms with Crippen molar-refractivity contribution in [1.29, 1.82) is 0 Å². The molecule has 1 nitrogen and oxygen atoms in total. The van der Waals surface area contributed by atoms with Crippen LogP contribution in [0, 0.1) is 6.92 Å². The lowest BCUT2D eigenvalue weighted by Gasteiger charge is -2.01. The summed E-state index contributed by atoms with van der Waals surface area (Å²) in [6.07, 6.45) is -4.41. The summed E-state index contributed by atoms with van der Waals surface area (Å²) in [5.74, 6) is -0.904. The lowest BCUT2D eigenvalue weighted by atomic mass is 10.1. The molecule has 0 saturated carbocycles. The maximum Gasteiger partial charge on any atom is 0.449 e. The average Bonchev–Trinajstić information content (AvgIpc) is 2.44. The lowest BCUT2D eigenvalue weighted by Crippen LogP contribution is -2.04. The van der Waals surface area contributed by atoms with Crippen LogP contribution in [0.15, 0.2) is 28.7 Å². The largest absolute Gasteiger partial charge is 0.451 e. The molecule has 2 aromatic rings. The third kappa shape index (κ3) is 1.27. The second-order valence-corrected chi connectivity index (χ2v) is 3.05. The van der Waals surface area contributed by atoms with Crippen molar-refractivity contribution in [3.63, 3.8) is 0 Å². The SMILES string of the molecule is Cc1c(C(F)(F)F)oc2ccccc12. The van der Waals surface area contributed by atoms with Gasteiger partial charge in [-0.1, -0.05) is 18.2 Å². The van der Waals surface area contributed by atoms with E-state index in [2.05, 4.69) is 0 Å². The van der Waals surface area contributed by atoms with E-state index in [0.717, 1.165) is 0 Å². The van der Waals surface area contributed by atoms with Gasteiger partial charge in [0.15, 0.2) is 0 Å². The first-order chi connectivity index (χ1) is 6.50. The summed E-state index contributed by atoms with van der Waals surface area (Å²) >= 11 is 0. The molecule has 0 saturated heterocycles. The molecule has 0 aliphatic rings. The monoisotopic (exact) mass is 200 g/mol. The van der Waals surface area contributed by atoms with Crippen LogP contribution < -0.4 is 0 Å². The highest BCUT2D eigenvalue weighted by Gasteiger charge is 2.37. The minimum Gasteiger partial charge on any atom is -0.451 e. The van der Waals surface area contributed by atoms with Gasteiger partial charge in [-0.2, -0.15) is 13.2 Å². The number of fused-ring (bicyclic) bond motifs is 1. The molecular weight excluding hydrogens is 193 g/mol. The summed E-state index contributed by atoms with van der Waals surface area (Å²) < 4.78 is 41.9. The van der Waals surface area contributed by atoms with Crippen molar-refractivity contribution < 1.29 is 17.6 Å². The van der Waals surface area contributed by atoms with Crippen LogP contribution in [-0.4, -0.2) is 0 Å². The van der Waals surface area contributed by atoms with Crippen molar-refractivity contribution in [1.82, 2.24) is 0 Å². The summed E-state index contributed by atoms with van der Waals surface area (Å²) in [6.45, 7) is 1.41. The molecule has 74 valence electrons. The standard InChI is InChI=1S/C10H7F3O/c1-6-7-4-2-3-5-8(7)14-9(6)10(11,12)13/h2-5H,1H3. The predicted molar refractivity (Wildman–Crippen MR) is 46.0 cm³/mol. The molecule has 1 aromatic carbocycles. The quantitative estimate of drug-likeness (QED) is 0.631. The topological polar surface area (TPSA) is 13.1 Å². The number of benzene rings is 1. The van der Waals surface area contributed by atoms with Crippen LogP contribution in [0.25, 0.3) is 11.0 Å². The van der Waals surface area contributed by atoms with Crippen molar-refractivity contribution in [3.8, 4) is 0 Å². The van der Waals surface area contributed by atoms with E-state index >= 15 is 0 Å². The van der Waals surface area contributed by atoms with Gasteiger partial charge in [-0.25, -0.2) is 0 Å². The summed E-state index contributed by atoms with van der Waals surface area (Å²) in [5, 5.41) is 0.514. The summed E-state index contributed by atoms with van der Waals surface area (Å²) in [7, 11) is 0. The Kier molecular flexibility index (Phi) is 1.80. The molecule has 0 atom stereocenters. The minimum absolute atomic E-state index is 0.146. The Balaban J connectivity index is 2.75. The number of rotatable bonds is 0. The normalized spacial score (nSPS) is 12.3. The van der Waals surface area contributed by atoms with Gasteiger partial charge in [-0.05, 0) is 13.0 Å². The first-order valence-electron chi connectivity index (χ1n) is 4.05. The van der Waals surface area contributed by atoms with Crippen LogP contribution >= 0.6 is 0 Å². The summed E-state index contributed by atoms with van der Waals surface area (Å²) in [5.41, 5.74) is 0.422. The molecule has 0 N–H and O–H groups in total. The van der Waals surface area contributed by atoms with Gasteiger partial charge in [-0.15, -0.1) is 0 Å². The highest BCUT2D eigenvalue weighted by molar-refractivity contribution is 5.82. The van der Waals surface area contributed by atoms with Gasteiger partial charge in [0.2, 0.25) is 5.76 Å². The van der Waals surface area contributed by atoms with E-state index in [0.29, 0.717) is 5.39 Å². The van der Waals surface area contributed by atoms with E-state index in [1.54, 1.807) is 18.2 Å². The third-order valence-electron chi connectivity index (χ3n) is 2.10. The Morgan fingerprint density at radius 3 is 2.36 bits per heavy atom. The number of aryl methyl sites for hydroxylation is 1. The average molecular weight is 200 g/mol. The highest BCUT2D eigenvalue weighted by atomic mass is 19.4. The Bertz CT molecular complexity index is 468. The molecule has 0 radical (unpaired) electrons. The Morgan fingerprint density at radius 1 is 1.14 bits per heavy atom. The van der Waals surface area contributed by atoms with Crippen LogP contribution in [0.5, 0.6) is 0 Å². The van der Waals surface area contributed by atoms with Gasteiger partial charge >= 0.3 is 6.18 Å². The van der Waals surface area contributed by atoms with E-state index in [4.69, 9.17) is 4.42 Å². The molecule has 0 amide bonds. The van der Waals surface area contributed by atoms with E-state index in [1.807, 2.05) is 0 Å². The van der Waals surface area contributed by atoms with Crippen molar-refractivity contribution >= 4 is 11.0 Å². The third-order valence-corrected chi connectivity index (χ3v) is 2.10. The lowest BCUT2D eigenvalue weighted by molar-refractivity contribution is -0.152. The first-order valence-corrected chi connectivity index (χ1v) is 4.05. The minimum atomic E-state index is -4.41. The smallest absolute Gasteiger partial charge is 0.449 e. The van der Waals surface area contributed by atoms with Gasteiger partial charge in [0.05, 0.1) is 0 Å². The zero-order valence-electron chi connectivity index (χ0n) is 7.35. The highest BCUT2D eigenvalue weighted by Crippen LogP contribution is 2.37. The molecule has 4 heteroatoms. The predicted octanol–water partition coefficient (Wildman–Crippen LogP) is 3.76. The van der Waals surface area contributed by atoms with Crippen LogP contribution in [0.2, 0.25) is 0 Å². The number of halogens is 3. The van der Waals surface area contributed by atoms with E-state index < -0.39 is 11.9 Å². The second kappa shape index (κ2) is 2.77. The van der Waals surface area contributed by atoms with Crippen molar-refractivity contribution in [2.24, 2.45) is 0 Å².